The molecule has 0 aliphatic heterocycles. The fourth-order valence-electron chi connectivity index (χ4n) is 1.84. The maximum atomic E-state index is 12.0. The molecular weight excluding hydrogens is 288 g/mol. The molecule has 1 atom stereocenters. The number of fused-ring (bicyclic) bond motifs is 1. The number of terminal acetylenes is 1. The van der Waals surface area contributed by atoms with Gasteiger partial charge in [0, 0.05) is 16.5 Å². The fourth-order valence-corrected chi connectivity index (χ4v) is 2.92. The Kier molecular flexibility index (Phi) is 4.58. The number of benzene rings is 1. The highest BCUT2D eigenvalue weighted by Crippen LogP contribution is 2.36. The van der Waals surface area contributed by atoms with Crippen LogP contribution in [0.15, 0.2) is 24.3 Å². The van der Waals surface area contributed by atoms with Crippen LogP contribution in [-0.2, 0) is 9.53 Å². The predicted octanol–water partition coefficient (Wildman–Crippen LogP) is 1.98. The lowest BCUT2D eigenvalue weighted by Crippen LogP contribution is -2.35. The highest BCUT2D eigenvalue weighted by Gasteiger charge is 2.22. The minimum Gasteiger partial charge on any atom is -0.465 e. The molecule has 2 rings (SSSR count). The molecule has 0 bridgehead atoms. The third-order valence-corrected chi connectivity index (χ3v) is 4.04. The van der Waals surface area contributed by atoms with E-state index in [1.165, 1.54) is 18.4 Å². The number of anilines is 1. The summed E-state index contributed by atoms with van der Waals surface area (Å²) in [5, 5.41) is 3.45. The maximum Gasteiger partial charge on any atom is 0.350 e. The molecule has 0 saturated heterocycles. The first kappa shape index (κ1) is 15.0. The minimum atomic E-state index is -0.820. The van der Waals surface area contributed by atoms with E-state index in [4.69, 9.17) is 16.9 Å². The molecule has 0 spiro atoms. The fraction of sp³-hybridized carbons (Fsp3) is 0.200. The van der Waals surface area contributed by atoms with E-state index in [-0.39, 0.29) is 6.42 Å². The van der Waals surface area contributed by atoms with Crippen LogP contribution in [-0.4, -0.2) is 25.0 Å². The highest BCUT2D eigenvalue weighted by molar-refractivity contribution is 7.21. The van der Waals surface area contributed by atoms with Crippen LogP contribution in [0.1, 0.15) is 16.1 Å². The molecule has 1 heterocycles. The molecule has 5 nitrogen and oxygen atoms in total. The summed E-state index contributed by atoms with van der Waals surface area (Å²) in [6.07, 6.45) is 5.28. The topological polar surface area (TPSA) is 81.4 Å². The van der Waals surface area contributed by atoms with E-state index in [1.54, 1.807) is 0 Å². The Hall–Kier alpha value is -2.36. The Morgan fingerprint density at radius 1 is 1.48 bits per heavy atom. The van der Waals surface area contributed by atoms with E-state index < -0.39 is 17.9 Å². The number of esters is 1. The number of nitrogens with two attached hydrogens (primary N) is 1. The molecule has 0 radical (unpaired) electrons. The zero-order chi connectivity index (χ0) is 15.4. The van der Waals surface area contributed by atoms with Gasteiger partial charge in [0.15, 0.2) is 0 Å². The molecule has 108 valence electrons. The second kappa shape index (κ2) is 6.39. The van der Waals surface area contributed by atoms with Crippen molar-refractivity contribution in [2.45, 2.75) is 12.5 Å². The van der Waals surface area contributed by atoms with Gasteiger partial charge in [0.05, 0.1) is 18.8 Å². The molecule has 1 aromatic carbocycles. The number of rotatable bonds is 4. The molecule has 6 heteroatoms. The zero-order valence-electron chi connectivity index (χ0n) is 11.4. The van der Waals surface area contributed by atoms with E-state index >= 15 is 0 Å². The Bertz CT molecular complexity index is 730. The number of amides is 1. The van der Waals surface area contributed by atoms with Crippen LogP contribution in [0.5, 0.6) is 0 Å². The van der Waals surface area contributed by atoms with Gasteiger partial charge in [-0.3, -0.25) is 4.79 Å². The third kappa shape index (κ3) is 3.05. The van der Waals surface area contributed by atoms with Crippen LogP contribution >= 0.6 is 11.3 Å². The molecule has 0 saturated carbocycles. The minimum absolute atomic E-state index is 0.126. The number of hydrogen-bond acceptors (Lipinski definition) is 5. The zero-order valence-corrected chi connectivity index (χ0v) is 12.2. The van der Waals surface area contributed by atoms with Crippen LogP contribution in [0.2, 0.25) is 0 Å². The van der Waals surface area contributed by atoms with Gasteiger partial charge in [-0.1, -0.05) is 18.2 Å². The molecule has 3 N–H and O–H groups in total. The SMILES string of the molecule is C#CCC(N)C(=O)Nc1c(C(=O)OC)sc2ccccc12. The van der Waals surface area contributed by atoms with Gasteiger partial charge in [0.25, 0.3) is 0 Å². The standard InChI is InChI=1S/C15H14N2O3S/c1-3-6-10(16)14(18)17-12-9-7-4-5-8-11(9)21-13(12)15(19)20-2/h1,4-5,7-8,10H,6,16H2,2H3,(H,17,18). The quantitative estimate of drug-likeness (QED) is 0.668. The molecule has 21 heavy (non-hydrogen) atoms. The summed E-state index contributed by atoms with van der Waals surface area (Å²) in [7, 11) is 1.29. The van der Waals surface area contributed by atoms with Crippen molar-refractivity contribution in [3.63, 3.8) is 0 Å². The predicted molar refractivity (Wildman–Crippen MR) is 83.2 cm³/mol. The van der Waals surface area contributed by atoms with Crippen molar-refractivity contribution in [2.75, 3.05) is 12.4 Å². The number of thiophene rings is 1. The Morgan fingerprint density at radius 3 is 2.86 bits per heavy atom. The normalized spacial score (nSPS) is 11.7. The van der Waals surface area contributed by atoms with Gasteiger partial charge in [-0.2, -0.15) is 0 Å². The summed E-state index contributed by atoms with van der Waals surface area (Å²) in [5.74, 6) is 1.41. The van der Waals surface area contributed by atoms with Crippen molar-refractivity contribution in [3.8, 4) is 12.3 Å². The lowest BCUT2D eigenvalue weighted by atomic mass is 10.2. The van der Waals surface area contributed by atoms with Crippen LogP contribution in [0.3, 0.4) is 0 Å². The number of ether oxygens (including phenoxy) is 1. The number of carbonyl (C=O) groups excluding carboxylic acids is 2. The van der Waals surface area contributed by atoms with Crippen molar-refractivity contribution in [1.29, 1.82) is 0 Å². The number of hydrogen-bond donors (Lipinski definition) is 2. The van der Waals surface area contributed by atoms with Crippen molar-refractivity contribution in [1.82, 2.24) is 0 Å². The Morgan fingerprint density at radius 2 is 2.19 bits per heavy atom. The third-order valence-electron chi connectivity index (χ3n) is 2.89. The first-order valence-electron chi connectivity index (χ1n) is 6.18. The van der Waals surface area contributed by atoms with E-state index in [1.807, 2.05) is 24.3 Å². The first-order valence-corrected chi connectivity index (χ1v) is 7.00. The summed E-state index contributed by atoms with van der Waals surface area (Å²) in [6, 6.07) is 6.55. The summed E-state index contributed by atoms with van der Waals surface area (Å²) in [6.45, 7) is 0. The van der Waals surface area contributed by atoms with Crippen molar-refractivity contribution < 1.29 is 14.3 Å². The lowest BCUT2D eigenvalue weighted by molar-refractivity contribution is -0.117. The van der Waals surface area contributed by atoms with Crippen LogP contribution < -0.4 is 11.1 Å². The van der Waals surface area contributed by atoms with Gasteiger partial charge >= 0.3 is 5.97 Å². The van der Waals surface area contributed by atoms with Crippen molar-refractivity contribution in [2.24, 2.45) is 5.73 Å². The molecule has 1 unspecified atom stereocenters. The van der Waals surface area contributed by atoms with E-state index in [0.717, 1.165) is 10.1 Å². The second-order valence-corrected chi connectivity index (χ2v) is 5.35. The van der Waals surface area contributed by atoms with Gasteiger partial charge in [-0.05, 0) is 6.07 Å². The smallest absolute Gasteiger partial charge is 0.350 e. The molecule has 2 aromatic rings. The van der Waals surface area contributed by atoms with Crippen LogP contribution in [0, 0.1) is 12.3 Å². The second-order valence-electron chi connectivity index (χ2n) is 4.30. The van der Waals surface area contributed by atoms with Gasteiger partial charge in [-0.25, -0.2) is 4.79 Å². The van der Waals surface area contributed by atoms with Gasteiger partial charge < -0.3 is 15.8 Å². The summed E-state index contributed by atoms with van der Waals surface area (Å²) in [5.41, 5.74) is 6.10. The molecule has 0 aliphatic carbocycles. The number of methoxy groups -OCH3 is 1. The molecular formula is C15H14N2O3S. The average Bonchev–Trinajstić information content (AvgIpc) is 2.85. The van der Waals surface area contributed by atoms with Gasteiger partial charge in [0.1, 0.15) is 4.88 Å². The summed E-state index contributed by atoms with van der Waals surface area (Å²) < 4.78 is 5.63. The van der Waals surface area contributed by atoms with Crippen LogP contribution in [0.25, 0.3) is 10.1 Å². The molecule has 0 fully saturated rings. The Balaban J connectivity index is 2.43. The van der Waals surface area contributed by atoms with Gasteiger partial charge in [-0.15, -0.1) is 23.7 Å². The molecule has 1 amide bonds. The number of nitrogens with one attached hydrogen (secondary N) is 1. The molecule has 0 aliphatic rings. The lowest BCUT2D eigenvalue weighted by Gasteiger charge is -2.10. The van der Waals surface area contributed by atoms with E-state index in [9.17, 15) is 9.59 Å². The number of carbonyl (C=O) groups is 2. The maximum absolute atomic E-state index is 12.0. The molecule has 1 aromatic heterocycles. The highest BCUT2D eigenvalue weighted by atomic mass is 32.1. The summed E-state index contributed by atoms with van der Waals surface area (Å²) in [4.78, 5) is 24.2. The first-order chi connectivity index (χ1) is 10.1. The van der Waals surface area contributed by atoms with Gasteiger partial charge in [0.2, 0.25) is 5.91 Å². The average molecular weight is 302 g/mol. The largest absolute Gasteiger partial charge is 0.465 e. The summed E-state index contributed by atoms with van der Waals surface area (Å²) >= 11 is 1.25. The van der Waals surface area contributed by atoms with Crippen LogP contribution in [0.4, 0.5) is 5.69 Å². The van der Waals surface area contributed by atoms with E-state index in [0.29, 0.717) is 10.6 Å². The van der Waals surface area contributed by atoms with Crippen molar-refractivity contribution >= 4 is 39.0 Å². The van der Waals surface area contributed by atoms with E-state index in [2.05, 4.69) is 11.2 Å². The Labute approximate surface area is 126 Å². The monoisotopic (exact) mass is 302 g/mol. The van der Waals surface area contributed by atoms with Crippen molar-refractivity contribution in [3.05, 3.63) is 29.1 Å².